The second-order valence-corrected chi connectivity index (χ2v) is 3.74. The van der Waals surface area contributed by atoms with Crippen molar-refractivity contribution in [2.75, 3.05) is 40.0 Å². The first-order valence-corrected chi connectivity index (χ1v) is 5.59. The standard InChI is InChI=1S/C12H20N2O2/c1-14(8-10-16-11-9-15)7-4-12-2-5-13-6-3-12/h2-3,5-6,15H,4,7-11H2,1H3. The van der Waals surface area contributed by atoms with Gasteiger partial charge < -0.3 is 14.7 Å². The number of aromatic nitrogens is 1. The van der Waals surface area contributed by atoms with Crippen LogP contribution in [0.4, 0.5) is 0 Å². The average Bonchev–Trinajstić information content (AvgIpc) is 2.33. The van der Waals surface area contributed by atoms with Gasteiger partial charge in [0.2, 0.25) is 0 Å². The lowest BCUT2D eigenvalue weighted by atomic mass is 10.2. The molecular weight excluding hydrogens is 204 g/mol. The summed E-state index contributed by atoms with van der Waals surface area (Å²) in [5.74, 6) is 0. The van der Waals surface area contributed by atoms with Crippen LogP contribution in [-0.2, 0) is 11.2 Å². The largest absolute Gasteiger partial charge is 0.394 e. The number of ether oxygens (including phenoxy) is 1. The number of pyridine rings is 1. The van der Waals surface area contributed by atoms with Crippen LogP contribution in [0, 0.1) is 0 Å². The zero-order chi connectivity index (χ0) is 11.6. The monoisotopic (exact) mass is 224 g/mol. The van der Waals surface area contributed by atoms with Crippen molar-refractivity contribution in [3.63, 3.8) is 0 Å². The number of aliphatic hydroxyl groups excluding tert-OH is 1. The van der Waals surface area contributed by atoms with Gasteiger partial charge in [0.1, 0.15) is 0 Å². The summed E-state index contributed by atoms with van der Waals surface area (Å²) in [7, 11) is 2.07. The van der Waals surface area contributed by atoms with E-state index in [1.54, 1.807) is 0 Å². The van der Waals surface area contributed by atoms with Crippen molar-refractivity contribution >= 4 is 0 Å². The second kappa shape index (κ2) is 8.21. The molecule has 0 fully saturated rings. The molecule has 4 heteroatoms. The zero-order valence-corrected chi connectivity index (χ0v) is 9.80. The fraction of sp³-hybridized carbons (Fsp3) is 0.583. The molecule has 0 aliphatic carbocycles. The predicted octanol–water partition coefficient (Wildman–Crippen LogP) is 0.565. The van der Waals surface area contributed by atoms with Gasteiger partial charge in [0, 0.05) is 25.5 Å². The molecule has 4 nitrogen and oxygen atoms in total. The molecule has 90 valence electrons. The van der Waals surface area contributed by atoms with Crippen molar-refractivity contribution in [1.82, 2.24) is 9.88 Å². The Morgan fingerprint density at radius 3 is 2.69 bits per heavy atom. The molecule has 1 rings (SSSR count). The number of hydrogen-bond donors (Lipinski definition) is 1. The van der Waals surface area contributed by atoms with Gasteiger partial charge in [-0.2, -0.15) is 0 Å². The Bertz CT molecular complexity index is 267. The van der Waals surface area contributed by atoms with E-state index in [-0.39, 0.29) is 6.61 Å². The summed E-state index contributed by atoms with van der Waals surface area (Å²) >= 11 is 0. The first-order valence-electron chi connectivity index (χ1n) is 5.59. The normalized spacial score (nSPS) is 10.9. The summed E-state index contributed by atoms with van der Waals surface area (Å²) in [6.45, 7) is 3.10. The first-order chi connectivity index (χ1) is 7.83. The maximum atomic E-state index is 8.54. The number of hydrogen-bond acceptors (Lipinski definition) is 4. The third-order valence-electron chi connectivity index (χ3n) is 2.38. The summed E-state index contributed by atoms with van der Waals surface area (Å²) in [4.78, 5) is 6.21. The predicted molar refractivity (Wildman–Crippen MR) is 63.3 cm³/mol. The van der Waals surface area contributed by atoms with E-state index in [1.165, 1.54) is 5.56 Å². The molecule has 0 amide bonds. The van der Waals surface area contributed by atoms with E-state index in [4.69, 9.17) is 9.84 Å². The summed E-state index contributed by atoms with van der Waals surface area (Å²) in [6, 6.07) is 4.08. The summed E-state index contributed by atoms with van der Waals surface area (Å²) in [5.41, 5.74) is 1.30. The van der Waals surface area contributed by atoms with Gasteiger partial charge in [-0.05, 0) is 31.2 Å². The molecule has 0 atom stereocenters. The smallest absolute Gasteiger partial charge is 0.0698 e. The lowest BCUT2D eigenvalue weighted by Gasteiger charge is -2.16. The molecule has 0 radical (unpaired) electrons. The maximum absolute atomic E-state index is 8.54. The molecule has 0 spiro atoms. The van der Waals surface area contributed by atoms with Crippen molar-refractivity contribution in [3.05, 3.63) is 30.1 Å². The molecule has 0 aliphatic rings. The van der Waals surface area contributed by atoms with Gasteiger partial charge in [-0.3, -0.25) is 4.98 Å². The van der Waals surface area contributed by atoms with Gasteiger partial charge in [0.15, 0.2) is 0 Å². The van der Waals surface area contributed by atoms with Crippen molar-refractivity contribution < 1.29 is 9.84 Å². The van der Waals surface area contributed by atoms with Crippen LogP contribution in [0.3, 0.4) is 0 Å². The van der Waals surface area contributed by atoms with Crippen LogP contribution >= 0.6 is 0 Å². The quantitative estimate of drug-likeness (QED) is 0.656. The van der Waals surface area contributed by atoms with E-state index in [0.717, 1.165) is 19.5 Å². The average molecular weight is 224 g/mol. The highest BCUT2D eigenvalue weighted by atomic mass is 16.5. The molecule has 0 aromatic carbocycles. The minimum Gasteiger partial charge on any atom is -0.394 e. The van der Waals surface area contributed by atoms with Crippen LogP contribution in [0.2, 0.25) is 0 Å². The molecule has 0 saturated carbocycles. The van der Waals surface area contributed by atoms with E-state index in [2.05, 4.69) is 16.9 Å². The molecule has 0 saturated heterocycles. The minimum atomic E-state index is 0.0979. The third-order valence-corrected chi connectivity index (χ3v) is 2.38. The van der Waals surface area contributed by atoms with Crippen LogP contribution in [0.5, 0.6) is 0 Å². The van der Waals surface area contributed by atoms with Crippen LogP contribution in [-0.4, -0.2) is 54.9 Å². The summed E-state index contributed by atoms with van der Waals surface area (Å²) in [6.07, 6.45) is 4.67. The molecule has 1 N–H and O–H groups in total. The van der Waals surface area contributed by atoms with E-state index in [9.17, 15) is 0 Å². The van der Waals surface area contributed by atoms with Gasteiger partial charge in [-0.25, -0.2) is 0 Å². The fourth-order valence-corrected chi connectivity index (χ4v) is 1.37. The number of likely N-dealkylation sites (N-methyl/N-ethyl adjacent to an activating group) is 1. The Hall–Kier alpha value is -0.970. The third kappa shape index (κ3) is 5.80. The van der Waals surface area contributed by atoms with E-state index < -0.39 is 0 Å². The van der Waals surface area contributed by atoms with Gasteiger partial charge in [-0.15, -0.1) is 0 Å². The van der Waals surface area contributed by atoms with Crippen LogP contribution < -0.4 is 0 Å². The van der Waals surface area contributed by atoms with Crippen molar-refractivity contribution in [3.8, 4) is 0 Å². The molecule has 0 bridgehead atoms. The first kappa shape index (κ1) is 13.1. The Morgan fingerprint density at radius 2 is 2.00 bits per heavy atom. The molecule has 0 unspecified atom stereocenters. The SMILES string of the molecule is CN(CCOCCO)CCc1ccncc1. The fourth-order valence-electron chi connectivity index (χ4n) is 1.37. The lowest BCUT2D eigenvalue weighted by Crippen LogP contribution is -2.25. The number of nitrogens with zero attached hydrogens (tertiary/aromatic N) is 2. The highest BCUT2D eigenvalue weighted by Gasteiger charge is 1.99. The van der Waals surface area contributed by atoms with Crippen molar-refractivity contribution in [1.29, 1.82) is 0 Å². The highest BCUT2D eigenvalue weighted by molar-refractivity contribution is 5.09. The Labute approximate surface area is 96.9 Å². The summed E-state index contributed by atoms with van der Waals surface area (Å²) in [5, 5.41) is 8.54. The second-order valence-electron chi connectivity index (χ2n) is 3.74. The highest BCUT2D eigenvalue weighted by Crippen LogP contribution is 1.98. The Kier molecular flexibility index (Phi) is 6.72. The Morgan fingerprint density at radius 1 is 1.25 bits per heavy atom. The molecule has 1 aromatic rings. The number of rotatable bonds is 8. The molecular formula is C12H20N2O2. The van der Waals surface area contributed by atoms with Gasteiger partial charge in [0.05, 0.1) is 19.8 Å². The topological polar surface area (TPSA) is 45.6 Å². The van der Waals surface area contributed by atoms with Crippen LogP contribution in [0.25, 0.3) is 0 Å². The van der Waals surface area contributed by atoms with Crippen molar-refractivity contribution in [2.24, 2.45) is 0 Å². The zero-order valence-electron chi connectivity index (χ0n) is 9.80. The minimum absolute atomic E-state index is 0.0979. The molecule has 1 aromatic heterocycles. The number of aliphatic hydroxyl groups is 1. The van der Waals surface area contributed by atoms with Gasteiger partial charge in [-0.1, -0.05) is 0 Å². The van der Waals surface area contributed by atoms with Crippen LogP contribution in [0.15, 0.2) is 24.5 Å². The van der Waals surface area contributed by atoms with E-state index in [1.807, 2.05) is 24.5 Å². The van der Waals surface area contributed by atoms with Gasteiger partial charge in [0.25, 0.3) is 0 Å². The van der Waals surface area contributed by atoms with E-state index >= 15 is 0 Å². The van der Waals surface area contributed by atoms with Gasteiger partial charge >= 0.3 is 0 Å². The maximum Gasteiger partial charge on any atom is 0.0698 e. The molecule has 16 heavy (non-hydrogen) atoms. The van der Waals surface area contributed by atoms with E-state index in [0.29, 0.717) is 13.2 Å². The molecule has 1 heterocycles. The van der Waals surface area contributed by atoms with Crippen LogP contribution in [0.1, 0.15) is 5.56 Å². The summed E-state index contributed by atoms with van der Waals surface area (Å²) < 4.78 is 5.20. The lowest BCUT2D eigenvalue weighted by molar-refractivity contribution is 0.0786. The Balaban J connectivity index is 2.08. The van der Waals surface area contributed by atoms with Crippen molar-refractivity contribution in [2.45, 2.75) is 6.42 Å². The molecule has 0 aliphatic heterocycles.